The lowest BCUT2D eigenvalue weighted by molar-refractivity contribution is 0.206. The normalized spacial score (nSPS) is 11.8. The van der Waals surface area contributed by atoms with Crippen LogP contribution in [0.4, 0.5) is 0 Å². The summed E-state index contributed by atoms with van der Waals surface area (Å²) in [7, 11) is 2.17. The van der Waals surface area contributed by atoms with Gasteiger partial charge in [0.15, 0.2) is 9.84 Å². The van der Waals surface area contributed by atoms with E-state index in [2.05, 4.69) is 0 Å². The molecule has 9 nitrogen and oxygen atoms in total. The van der Waals surface area contributed by atoms with Crippen molar-refractivity contribution in [3.63, 3.8) is 0 Å². The van der Waals surface area contributed by atoms with Crippen LogP contribution in [0.25, 0.3) is 6.08 Å². The van der Waals surface area contributed by atoms with Gasteiger partial charge in [0.25, 0.3) is 0 Å². The van der Waals surface area contributed by atoms with Crippen LogP contribution in [0.3, 0.4) is 0 Å². The number of hydrogen-bond donors (Lipinski definition) is 0. The molecule has 45 heavy (non-hydrogen) atoms. The van der Waals surface area contributed by atoms with Gasteiger partial charge in [0, 0.05) is 17.5 Å². The minimum atomic E-state index is -3.83. The minimum absolute atomic E-state index is 0.0549. The van der Waals surface area contributed by atoms with Gasteiger partial charge in [-0.3, -0.25) is 9.05 Å². The summed E-state index contributed by atoms with van der Waals surface area (Å²) in [5.41, 5.74) is 2.55. The second kappa shape index (κ2) is 16.0. The van der Waals surface area contributed by atoms with Gasteiger partial charge in [-0.1, -0.05) is 66.7 Å². The second-order valence-electron chi connectivity index (χ2n) is 9.60. The molecule has 0 spiro atoms. The monoisotopic (exact) mass is 670 g/mol. The van der Waals surface area contributed by atoms with Gasteiger partial charge in [-0.25, -0.2) is 13.0 Å². The lowest BCUT2D eigenvalue weighted by atomic mass is 10.1. The number of methoxy groups -OCH3 is 4. The lowest BCUT2D eigenvalue weighted by Gasteiger charge is -2.19. The molecule has 0 amide bonds. The zero-order valence-electron chi connectivity index (χ0n) is 25.4. The Labute approximate surface area is 268 Å². The fourth-order valence-corrected chi connectivity index (χ4v) is 8.54. The van der Waals surface area contributed by atoms with Gasteiger partial charge in [0.2, 0.25) is 0 Å². The highest BCUT2D eigenvalue weighted by molar-refractivity contribution is 8.55. The smallest absolute Gasteiger partial charge is 0.394 e. The average molecular weight is 671 g/mol. The number of hydrogen-bond acceptors (Lipinski definition) is 10. The van der Waals surface area contributed by atoms with Crippen LogP contribution in [0.5, 0.6) is 23.0 Å². The largest absolute Gasteiger partial charge is 0.496 e. The highest BCUT2D eigenvalue weighted by Gasteiger charge is 2.29. The maximum atomic E-state index is 14.1. The van der Waals surface area contributed by atoms with Gasteiger partial charge in [-0.05, 0) is 46.3 Å². The molecule has 0 bridgehead atoms. The van der Waals surface area contributed by atoms with Crippen molar-refractivity contribution >= 4 is 34.1 Å². The Morgan fingerprint density at radius 2 is 1.20 bits per heavy atom. The number of sulfone groups is 1. The third-order valence-corrected chi connectivity index (χ3v) is 11.3. The lowest BCUT2D eigenvalue weighted by Crippen LogP contribution is -2.02. The predicted molar refractivity (Wildman–Crippen MR) is 177 cm³/mol. The van der Waals surface area contributed by atoms with Crippen molar-refractivity contribution in [3.05, 3.63) is 119 Å². The maximum absolute atomic E-state index is 14.1. The van der Waals surface area contributed by atoms with Gasteiger partial charge in [0.1, 0.15) is 23.0 Å². The molecule has 12 heteroatoms. The highest BCUT2D eigenvalue weighted by Crippen LogP contribution is 2.66. The molecule has 0 aliphatic carbocycles. The zero-order chi connectivity index (χ0) is 32.3. The van der Waals surface area contributed by atoms with Crippen LogP contribution in [-0.4, -0.2) is 36.9 Å². The number of rotatable bonds is 16. The first kappa shape index (κ1) is 34.1. The van der Waals surface area contributed by atoms with E-state index in [9.17, 15) is 13.0 Å². The molecule has 0 saturated heterocycles. The fourth-order valence-electron chi connectivity index (χ4n) is 4.20. The summed E-state index contributed by atoms with van der Waals surface area (Å²) in [5, 5.41) is 1.10. The summed E-state index contributed by atoms with van der Waals surface area (Å²) < 4.78 is 74.0. The molecule has 4 rings (SSSR count). The van der Waals surface area contributed by atoms with Crippen LogP contribution in [0, 0.1) is 0 Å². The van der Waals surface area contributed by atoms with Crippen LogP contribution < -0.4 is 18.9 Å². The van der Waals surface area contributed by atoms with Crippen molar-refractivity contribution in [2.45, 2.75) is 23.9 Å². The van der Waals surface area contributed by atoms with Crippen LogP contribution in [0.1, 0.15) is 22.3 Å². The molecule has 4 aromatic rings. The van der Waals surface area contributed by atoms with Gasteiger partial charge < -0.3 is 18.9 Å². The van der Waals surface area contributed by atoms with E-state index in [0.29, 0.717) is 39.0 Å². The molecule has 0 saturated carbocycles. The van der Waals surface area contributed by atoms with E-state index in [1.165, 1.54) is 34.5 Å². The van der Waals surface area contributed by atoms with Crippen molar-refractivity contribution in [2.75, 3.05) is 28.4 Å². The fraction of sp³-hybridized carbons (Fsp3) is 0.212. The molecule has 0 aromatic heterocycles. The van der Waals surface area contributed by atoms with Gasteiger partial charge >= 0.3 is 6.80 Å². The molecule has 0 atom stereocenters. The molecule has 0 radical (unpaired) electrons. The first-order chi connectivity index (χ1) is 21.7. The minimum Gasteiger partial charge on any atom is -0.496 e. The molecule has 0 aliphatic rings. The maximum Gasteiger partial charge on any atom is 0.394 e. The van der Waals surface area contributed by atoms with Gasteiger partial charge in [-0.15, -0.1) is 0 Å². The van der Waals surface area contributed by atoms with E-state index in [1.54, 1.807) is 30.3 Å². The summed E-state index contributed by atoms with van der Waals surface area (Å²) in [6.07, 6.45) is 1.43. The third kappa shape index (κ3) is 9.88. The Morgan fingerprint density at radius 1 is 0.667 bits per heavy atom. The van der Waals surface area contributed by atoms with E-state index in [4.69, 9.17) is 28.0 Å². The summed E-state index contributed by atoms with van der Waals surface area (Å²) in [5.74, 6) is 1.35. The van der Waals surface area contributed by atoms with Crippen molar-refractivity contribution in [2.24, 2.45) is 0 Å². The molecule has 0 aliphatic heterocycles. The molecular formula is C33H35O9PS2. The molecular weight excluding hydrogens is 635 g/mol. The summed E-state index contributed by atoms with van der Waals surface area (Å²) in [6, 6.07) is 26.8. The summed E-state index contributed by atoms with van der Waals surface area (Å²) in [6.45, 7) is -3.72. The van der Waals surface area contributed by atoms with E-state index < -0.39 is 16.6 Å². The predicted octanol–water partition coefficient (Wildman–Crippen LogP) is 7.94. The summed E-state index contributed by atoms with van der Waals surface area (Å²) >= 11 is 0.873. The second-order valence-corrected chi connectivity index (χ2v) is 15.4. The Bertz CT molecular complexity index is 1670. The van der Waals surface area contributed by atoms with E-state index in [0.717, 1.165) is 27.9 Å². The van der Waals surface area contributed by atoms with Crippen molar-refractivity contribution in [3.8, 4) is 23.0 Å². The standard InChI is InChI=1S/C33H35O9PS2/c1-37-28-20-31(39-3)29(32(21-28)40-4)17-18-45(35,36)24-27-15-16-30(38-2)33(19-27)44-43(34,41-22-25-11-7-5-8-12-25)42-23-26-13-9-6-10-14-26/h5-21H,22-24H2,1-4H3. The summed E-state index contributed by atoms with van der Waals surface area (Å²) in [4.78, 5) is 0.414. The molecule has 238 valence electrons. The molecule has 0 N–H and O–H groups in total. The number of ether oxygens (including phenoxy) is 4. The van der Waals surface area contributed by atoms with Crippen molar-refractivity contribution in [1.82, 2.24) is 0 Å². The average Bonchev–Trinajstić information content (AvgIpc) is 3.06. The Morgan fingerprint density at radius 3 is 1.69 bits per heavy atom. The first-order valence-electron chi connectivity index (χ1n) is 13.7. The van der Waals surface area contributed by atoms with Crippen LogP contribution >= 0.6 is 18.2 Å². The highest BCUT2D eigenvalue weighted by atomic mass is 32.7. The van der Waals surface area contributed by atoms with Crippen LogP contribution in [0.15, 0.2) is 101 Å². The third-order valence-electron chi connectivity index (χ3n) is 6.47. The SMILES string of the molecule is COc1cc(OC)c(C=CS(=O)(=O)Cc2ccc(OC)c(SP(=O)(OCc3ccccc3)OCc3ccccc3)c2)c(OC)c1. The quantitative estimate of drug-likeness (QED) is 0.109. The van der Waals surface area contributed by atoms with Gasteiger partial charge in [0.05, 0.1) is 57.9 Å². The van der Waals surface area contributed by atoms with E-state index in [1.807, 2.05) is 60.7 Å². The van der Waals surface area contributed by atoms with Crippen LogP contribution in [0.2, 0.25) is 0 Å². The molecule has 4 aromatic carbocycles. The first-order valence-corrected chi connectivity index (χ1v) is 18.4. The van der Waals surface area contributed by atoms with Crippen molar-refractivity contribution < 1.29 is 41.0 Å². The molecule has 0 unspecified atom stereocenters. The molecule has 0 heterocycles. The topological polar surface area (TPSA) is 107 Å². The van der Waals surface area contributed by atoms with E-state index in [-0.39, 0.29) is 19.0 Å². The van der Waals surface area contributed by atoms with E-state index >= 15 is 0 Å². The Kier molecular flexibility index (Phi) is 12.2. The molecule has 0 fully saturated rings. The Hall–Kier alpha value is -3.73. The van der Waals surface area contributed by atoms with Crippen LogP contribution in [-0.2, 0) is 42.4 Å². The number of benzene rings is 4. The van der Waals surface area contributed by atoms with Crippen molar-refractivity contribution in [1.29, 1.82) is 0 Å². The zero-order valence-corrected chi connectivity index (χ0v) is 27.9. The Balaban J connectivity index is 1.58. The van der Waals surface area contributed by atoms with Gasteiger partial charge in [-0.2, -0.15) is 0 Å².